The SMILES string of the molecule is C.C.[CH2-]C.[CH2-]C(=O)NO.[Y]. The standard InChI is InChI=1S/C2H4NO2.C2H5.2CH4.Y/c1-2(4)3-5;1-2;;;/h5H,1H2,(H,3,4);1H2,2H3;2*1H4;/q2*-1;;;. The molecule has 0 saturated heterocycles. The monoisotopic (exact) mass is 224 g/mol. The molecular weight excluding hydrogens is 207 g/mol. The Morgan fingerprint density at radius 3 is 1.50 bits per heavy atom. The number of hydrogen-bond donors (Lipinski definition) is 2. The molecule has 63 valence electrons. The Morgan fingerprint density at radius 1 is 1.40 bits per heavy atom. The average Bonchev–Trinajstić information content (AvgIpc) is 1.73. The van der Waals surface area contributed by atoms with Crippen LogP contribution < -0.4 is 5.48 Å². The number of hydrogen-bond acceptors (Lipinski definition) is 2. The molecule has 0 bridgehead atoms. The minimum atomic E-state index is -0.690. The van der Waals surface area contributed by atoms with Gasteiger partial charge in [0.15, 0.2) is 0 Å². The smallest absolute Gasteiger partial charge is 0.105 e. The van der Waals surface area contributed by atoms with E-state index in [0.29, 0.717) is 0 Å². The summed E-state index contributed by atoms with van der Waals surface area (Å²) in [5, 5.41) is 7.48. The fourth-order valence-corrected chi connectivity index (χ4v) is 0. The molecule has 0 aliphatic heterocycles. The second-order valence-electron chi connectivity index (χ2n) is 0.535. The number of rotatable bonds is 0. The van der Waals surface area contributed by atoms with Gasteiger partial charge in [0.2, 0.25) is 0 Å². The zero-order chi connectivity index (χ0) is 6.28. The molecule has 0 aromatic heterocycles. The van der Waals surface area contributed by atoms with Crippen molar-refractivity contribution in [3.63, 3.8) is 0 Å². The molecule has 10 heavy (non-hydrogen) atoms. The molecule has 0 aromatic rings. The van der Waals surface area contributed by atoms with E-state index in [1.165, 1.54) is 5.48 Å². The van der Waals surface area contributed by atoms with Gasteiger partial charge in [-0.05, 0) is 0 Å². The molecule has 3 nitrogen and oxygen atoms in total. The average molecular weight is 224 g/mol. The molecule has 2 N–H and O–H groups in total. The zero-order valence-corrected chi connectivity index (χ0v) is 7.69. The molecule has 4 heteroatoms. The van der Waals surface area contributed by atoms with E-state index in [1.807, 2.05) is 0 Å². The predicted molar refractivity (Wildman–Crippen MR) is 39.8 cm³/mol. The van der Waals surface area contributed by atoms with Gasteiger partial charge < -0.3 is 18.6 Å². The van der Waals surface area contributed by atoms with Crippen LogP contribution in [0.2, 0.25) is 0 Å². The van der Waals surface area contributed by atoms with Gasteiger partial charge in [-0.25, -0.2) is 0 Å². The van der Waals surface area contributed by atoms with Crippen LogP contribution in [-0.4, -0.2) is 11.1 Å². The van der Waals surface area contributed by atoms with Gasteiger partial charge in [-0.2, -0.15) is 6.92 Å². The first-order valence-corrected chi connectivity index (χ1v) is 1.74. The van der Waals surface area contributed by atoms with E-state index in [9.17, 15) is 4.79 Å². The minimum absolute atomic E-state index is 0. The van der Waals surface area contributed by atoms with Crippen LogP contribution in [0.15, 0.2) is 0 Å². The van der Waals surface area contributed by atoms with Gasteiger partial charge in [0, 0.05) is 32.7 Å². The number of amides is 1. The summed E-state index contributed by atoms with van der Waals surface area (Å²) < 4.78 is 0. The topological polar surface area (TPSA) is 49.3 Å². The Balaban J connectivity index is -0.0000000154. The Labute approximate surface area is 89.4 Å². The van der Waals surface area contributed by atoms with Crippen molar-refractivity contribution in [3.05, 3.63) is 13.8 Å². The predicted octanol–water partition coefficient (Wildman–Crippen LogP) is 1.44. The van der Waals surface area contributed by atoms with E-state index in [-0.39, 0.29) is 47.6 Å². The maximum absolute atomic E-state index is 9.34. The molecule has 0 heterocycles. The van der Waals surface area contributed by atoms with Gasteiger partial charge in [0.05, 0.1) is 0 Å². The van der Waals surface area contributed by atoms with Crippen LogP contribution in [0.4, 0.5) is 0 Å². The Kier molecular flexibility index (Phi) is 108. The van der Waals surface area contributed by atoms with E-state index >= 15 is 0 Å². The first-order valence-electron chi connectivity index (χ1n) is 1.74. The second-order valence-corrected chi connectivity index (χ2v) is 0.535. The van der Waals surface area contributed by atoms with E-state index < -0.39 is 5.91 Å². The van der Waals surface area contributed by atoms with E-state index in [1.54, 1.807) is 6.92 Å². The Hall–Kier alpha value is 0.404. The Bertz CT molecular complexity index is 51.0. The Morgan fingerprint density at radius 2 is 1.50 bits per heavy atom. The molecule has 0 saturated carbocycles. The summed E-state index contributed by atoms with van der Waals surface area (Å²) in [5.41, 5.74) is 1.28. The van der Waals surface area contributed by atoms with Crippen molar-refractivity contribution in [2.45, 2.75) is 21.8 Å². The van der Waals surface area contributed by atoms with Crippen LogP contribution >= 0.6 is 0 Å². The summed E-state index contributed by atoms with van der Waals surface area (Å²) in [7, 11) is 0. The third-order valence-electron chi connectivity index (χ3n) is 0.125. The van der Waals surface area contributed by atoms with Crippen LogP contribution in [0.5, 0.6) is 0 Å². The third-order valence-corrected chi connectivity index (χ3v) is 0.125. The van der Waals surface area contributed by atoms with Crippen molar-refractivity contribution in [3.8, 4) is 0 Å². The van der Waals surface area contributed by atoms with Crippen LogP contribution in [0.25, 0.3) is 0 Å². The van der Waals surface area contributed by atoms with E-state index in [0.717, 1.165) is 0 Å². The maximum atomic E-state index is 9.34. The van der Waals surface area contributed by atoms with Crippen molar-refractivity contribution in [2.24, 2.45) is 0 Å². The first-order chi connectivity index (χ1) is 3.27. The zero-order valence-electron chi connectivity index (χ0n) is 4.85. The summed E-state index contributed by atoms with van der Waals surface area (Å²) in [5.74, 6) is -0.690. The molecule has 0 spiro atoms. The van der Waals surface area contributed by atoms with Gasteiger partial charge >= 0.3 is 0 Å². The molecular formula is C6H17NO2Y-2. The summed E-state index contributed by atoms with van der Waals surface area (Å²) in [6.07, 6.45) is 0. The fourth-order valence-electron chi connectivity index (χ4n) is 0. The molecule has 0 rings (SSSR count). The van der Waals surface area contributed by atoms with Crippen molar-refractivity contribution in [2.75, 3.05) is 0 Å². The van der Waals surface area contributed by atoms with Crippen LogP contribution in [0, 0.1) is 13.8 Å². The number of hydroxylamine groups is 1. The summed E-state index contributed by atoms with van der Waals surface area (Å²) in [4.78, 5) is 9.34. The fraction of sp³-hybridized carbons (Fsp3) is 0.500. The number of nitrogens with one attached hydrogen (secondary N) is 1. The normalized spacial score (nSPS) is 3.90. The molecule has 0 aromatic carbocycles. The van der Waals surface area contributed by atoms with E-state index in [4.69, 9.17) is 5.21 Å². The van der Waals surface area contributed by atoms with Crippen LogP contribution in [-0.2, 0) is 37.5 Å². The molecule has 0 aliphatic rings. The van der Waals surface area contributed by atoms with Crippen molar-refractivity contribution in [1.29, 1.82) is 0 Å². The quantitative estimate of drug-likeness (QED) is 0.371. The largest absolute Gasteiger partial charge is 0.346 e. The van der Waals surface area contributed by atoms with Crippen molar-refractivity contribution in [1.82, 2.24) is 5.48 Å². The van der Waals surface area contributed by atoms with Crippen LogP contribution in [0.1, 0.15) is 21.8 Å². The van der Waals surface area contributed by atoms with Crippen molar-refractivity contribution < 1.29 is 42.7 Å². The molecule has 0 atom stereocenters. The first kappa shape index (κ1) is 31.5. The van der Waals surface area contributed by atoms with Crippen molar-refractivity contribution >= 4 is 5.91 Å². The maximum Gasteiger partial charge on any atom is 0.105 e. The second kappa shape index (κ2) is 34.2. The van der Waals surface area contributed by atoms with Gasteiger partial charge in [-0.15, -0.1) is 0 Å². The molecule has 1 amide bonds. The summed E-state index contributed by atoms with van der Waals surface area (Å²) >= 11 is 0. The van der Waals surface area contributed by atoms with Gasteiger partial charge in [-0.3, -0.25) is 10.7 Å². The number of carbonyl (C=O) groups excluding carboxylic acids is 1. The third kappa shape index (κ3) is 79.7. The summed E-state index contributed by atoms with van der Waals surface area (Å²) in [6, 6.07) is 0. The van der Waals surface area contributed by atoms with Gasteiger partial charge in [0.25, 0.3) is 0 Å². The molecule has 0 unspecified atom stereocenters. The molecule has 0 fully saturated rings. The van der Waals surface area contributed by atoms with Gasteiger partial charge in [-0.1, -0.05) is 14.9 Å². The van der Waals surface area contributed by atoms with Gasteiger partial charge in [0.1, 0.15) is 5.91 Å². The minimum Gasteiger partial charge on any atom is -0.346 e. The van der Waals surface area contributed by atoms with E-state index in [2.05, 4.69) is 13.8 Å². The summed E-state index contributed by atoms with van der Waals surface area (Å²) in [6.45, 7) is 7.76. The number of carbonyl (C=O) groups is 1. The molecule has 0 aliphatic carbocycles. The van der Waals surface area contributed by atoms with Crippen LogP contribution in [0.3, 0.4) is 0 Å². The molecule has 1 radical (unpaired) electrons.